The first-order valence-corrected chi connectivity index (χ1v) is 8.18. The van der Waals surface area contributed by atoms with Crippen LogP contribution in [0.25, 0.3) is 10.8 Å². The topological polar surface area (TPSA) is 17.1 Å². The Bertz CT molecular complexity index is 643. The highest BCUT2D eigenvalue weighted by Gasteiger charge is 2.22. The van der Waals surface area contributed by atoms with Crippen LogP contribution >= 0.6 is 0 Å². The van der Waals surface area contributed by atoms with Crippen molar-refractivity contribution in [2.75, 3.05) is 5.75 Å². The fraction of sp³-hybridized carbons (Fsp3) is 0.412. The molecule has 1 nitrogen and oxygen atoms in total. The molecular formula is C17H21FOS. The third kappa shape index (κ3) is 3.09. The quantitative estimate of drug-likeness (QED) is 0.806. The Morgan fingerprint density at radius 3 is 2.35 bits per heavy atom. The molecule has 0 aliphatic heterocycles. The molecule has 0 heterocycles. The maximum absolute atomic E-state index is 13.8. The van der Waals surface area contributed by atoms with Gasteiger partial charge in [0.05, 0.1) is 0 Å². The SMILES string of the molecule is C[C@@H](C[S@](=O)C(C)(C)C)c1cccc2c(F)cccc12. The van der Waals surface area contributed by atoms with E-state index < -0.39 is 10.8 Å². The van der Waals surface area contributed by atoms with Crippen molar-refractivity contribution < 1.29 is 8.60 Å². The van der Waals surface area contributed by atoms with Crippen molar-refractivity contribution in [2.45, 2.75) is 38.4 Å². The van der Waals surface area contributed by atoms with Crippen molar-refractivity contribution >= 4 is 21.6 Å². The molecule has 3 heteroatoms. The molecule has 0 aliphatic carbocycles. The van der Waals surface area contributed by atoms with Crippen LogP contribution in [0.2, 0.25) is 0 Å². The summed E-state index contributed by atoms with van der Waals surface area (Å²) < 4.78 is 25.9. The molecule has 2 aromatic carbocycles. The van der Waals surface area contributed by atoms with Gasteiger partial charge in [-0.3, -0.25) is 4.21 Å². The number of hydrogen-bond donors (Lipinski definition) is 0. The number of benzene rings is 2. The summed E-state index contributed by atoms with van der Waals surface area (Å²) in [4.78, 5) is 0. The van der Waals surface area contributed by atoms with Crippen molar-refractivity contribution in [3.63, 3.8) is 0 Å². The molecule has 0 bridgehead atoms. The molecule has 0 amide bonds. The van der Waals surface area contributed by atoms with Crippen LogP contribution in [0.1, 0.15) is 39.2 Å². The molecule has 0 spiro atoms. The van der Waals surface area contributed by atoms with Crippen LogP contribution in [0.5, 0.6) is 0 Å². The second-order valence-electron chi connectivity index (χ2n) is 6.21. The van der Waals surface area contributed by atoms with Gasteiger partial charge in [0.25, 0.3) is 0 Å². The molecule has 2 aromatic rings. The highest BCUT2D eigenvalue weighted by Crippen LogP contribution is 2.29. The molecule has 108 valence electrons. The minimum atomic E-state index is -0.910. The zero-order valence-corrected chi connectivity index (χ0v) is 13.3. The van der Waals surface area contributed by atoms with Gasteiger partial charge in [-0.05, 0) is 43.7 Å². The van der Waals surface area contributed by atoms with E-state index in [0.717, 1.165) is 10.9 Å². The molecule has 0 saturated carbocycles. The maximum Gasteiger partial charge on any atom is 0.131 e. The van der Waals surface area contributed by atoms with Crippen LogP contribution in [-0.4, -0.2) is 14.7 Å². The van der Waals surface area contributed by atoms with Gasteiger partial charge in [0.15, 0.2) is 0 Å². The van der Waals surface area contributed by atoms with E-state index in [1.807, 2.05) is 39.0 Å². The van der Waals surface area contributed by atoms with E-state index in [1.165, 1.54) is 6.07 Å². The van der Waals surface area contributed by atoms with E-state index in [4.69, 9.17) is 0 Å². The van der Waals surface area contributed by atoms with Crippen molar-refractivity contribution in [3.05, 3.63) is 47.8 Å². The first-order chi connectivity index (χ1) is 9.30. The molecule has 2 atom stereocenters. The number of rotatable bonds is 3. The molecule has 0 radical (unpaired) electrons. The summed E-state index contributed by atoms with van der Waals surface area (Å²) in [5.41, 5.74) is 1.07. The Morgan fingerprint density at radius 2 is 1.70 bits per heavy atom. The van der Waals surface area contributed by atoms with Crippen LogP contribution in [0, 0.1) is 5.82 Å². The first kappa shape index (κ1) is 15.2. The standard InChI is InChI=1S/C17H21FOS/c1-12(11-20(19)17(2,3)4)13-7-5-9-15-14(13)8-6-10-16(15)18/h5-10,12H,11H2,1-4H3/t12-,20-/m0/s1. The maximum atomic E-state index is 13.8. The summed E-state index contributed by atoms with van der Waals surface area (Å²) in [5.74, 6) is 0.535. The van der Waals surface area contributed by atoms with Crippen LogP contribution in [0.4, 0.5) is 4.39 Å². The van der Waals surface area contributed by atoms with Gasteiger partial charge in [-0.1, -0.05) is 37.3 Å². The average molecular weight is 292 g/mol. The normalized spacial score (nSPS) is 15.2. The number of fused-ring (bicyclic) bond motifs is 1. The monoisotopic (exact) mass is 292 g/mol. The van der Waals surface area contributed by atoms with Gasteiger partial charge >= 0.3 is 0 Å². The smallest absolute Gasteiger partial charge is 0.131 e. The highest BCUT2D eigenvalue weighted by molar-refractivity contribution is 7.86. The molecule has 0 aliphatic rings. The third-order valence-corrected chi connectivity index (χ3v) is 5.69. The second-order valence-corrected chi connectivity index (χ2v) is 8.46. The molecule has 0 aromatic heterocycles. The molecule has 2 rings (SSSR count). The van der Waals surface area contributed by atoms with Gasteiger partial charge in [-0.15, -0.1) is 0 Å². The summed E-state index contributed by atoms with van der Waals surface area (Å²) >= 11 is 0. The summed E-state index contributed by atoms with van der Waals surface area (Å²) in [6, 6.07) is 10.8. The highest BCUT2D eigenvalue weighted by atomic mass is 32.2. The van der Waals surface area contributed by atoms with Crippen molar-refractivity contribution in [3.8, 4) is 0 Å². The van der Waals surface area contributed by atoms with Crippen LogP contribution in [0.15, 0.2) is 36.4 Å². The van der Waals surface area contributed by atoms with Gasteiger partial charge in [0.1, 0.15) is 5.82 Å². The molecular weight excluding hydrogens is 271 g/mol. The van der Waals surface area contributed by atoms with E-state index >= 15 is 0 Å². The minimum Gasteiger partial charge on any atom is -0.259 e. The summed E-state index contributed by atoms with van der Waals surface area (Å²) in [6.45, 7) is 8.01. The molecule has 0 N–H and O–H groups in total. The second kappa shape index (κ2) is 5.65. The van der Waals surface area contributed by atoms with E-state index in [2.05, 4.69) is 6.92 Å². The predicted molar refractivity (Wildman–Crippen MR) is 85.1 cm³/mol. The Hall–Kier alpha value is -1.22. The number of halogens is 1. The summed E-state index contributed by atoms with van der Waals surface area (Å²) in [7, 11) is -0.910. The molecule has 0 saturated heterocycles. The first-order valence-electron chi connectivity index (χ1n) is 6.86. The van der Waals surface area contributed by atoms with Gasteiger partial charge in [0.2, 0.25) is 0 Å². The van der Waals surface area contributed by atoms with Gasteiger partial charge in [0, 0.05) is 26.7 Å². The molecule has 0 unspecified atom stereocenters. The Balaban J connectivity index is 2.38. The van der Waals surface area contributed by atoms with E-state index in [9.17, 15) is 8.60 Å². The minimum absolute atomic E-state index is 0.139. The fourth-order valence-corrected chi connectivity index (χ4v) is 3.43. The molecule has 20 heavy (non-hydrogen) atoms. The average Bonchev–Trinajstić information content (AvgIpc) is 2.37. The third-order valence-electron chi connectivity index (χ3n) is 3.52. The lowest BCUT2D eigenvalue weighted by molar-refractivity contribution is 0.639. The van der Waals surface area contributed by atoms with Gasteiger partial charge in [-0.2, -0.15) is 0 Å². The van der Waals surface area contributed by atoms with Gasteiger partial charge < -0.3 is 0 Å². The number of hydrogen-bond acceptors (Lipinski definition) is 1. The van der Waals surface area contributed by atoms with Crippen LogP contribution in [-0.2, 0) is 10.8 Å². The van der Waals surface area contributed by atoms with Crippen molar-refractivity contribution in [1.82, 2.24) is 0 Å². The zero-order chi connectivity index (χ0) is 14.9. The van der Waals surface area contributed by atoms with E-state index in [0.29, 0.717) is 11.1 Å². The van der Waals surface area contributed by atoms with Crippen molar-refractivity contribution in [1.29, 1.82) is 0 Å². The Labute approximate surface area is 122 Å². The lowest BCUT2D eigenvalue weighted by atomic mass is 9.96. The summed E-state index contributed by atoms with van der Waals surface area (Å²) in [5, 5.41) is 1.56. The predicted octanol–water partition coefficient (Wildman–Crippen LogP) is 4.63. The van der Waals surface area contributed by atoms with Crippen LogP contribution < -0.4 is 0 Å². The van der Waals surface area contributed by atoms with E-state index in [1.54, 1.807) is 12.1 Å². The van der Waals surface area contributed by atoms with Gasteiger partial charge in [-0.25, -0.2) is 4.39 Å². The fourth-order valence-electron chi connectivity index (χ4n) is 2.29. The zero-order valence-electron chi connectivity index (χ0n) is 12.4. The largest absolute Gasteiger partial charge is 0.259 e. The lowest BCUT2D eigenvalue weighted by Crippen LogP contribution is -2.26. The van der Waals surface area contributed by atoms with E-state index in [-0.39, 0.29) is 16.5 Å². The van der Waals surface area contributed by atoms with Crippen molar-refractivity contribution in [2.24, 2.45) is 0 Å². The lowest BCUT2D eigenvalue weighted by Gasteiger charge is -2.21. The Morgan fingerprint density at radius 1 is 1.10 bits per heavy atom. The molecule has 0 fully saturated rings. The van der Waals surface area contributed by atoms with Crippen LogP contribution in [0.3, 0.4) is 0 Å². The summed E-state index contributed by atoms with van der Waals surface area (Å²) in [6.07, 6.45) is 0. The Kier molecular flexibility index (Phi) is 4.28.